The maximum atomic E-state index is 10.9. The highest BCUT2D eigenvalue weighted by molar-refractivity contribution is 9.10. The zero-order chi connectivity index (χ0) is 12.3. The molecule has 17 heavy (non-hydrogen) atoms. The molecule has 1 aromatic heterocycles. The van der Waals surface area contributed by atoms with Crippen LogP contribution < -0.4 is 0 Å². The summed E-state index contributed by atoms with van der Waals surface area (Å²) in [4.78, 5) is 13.1. The number of hydrogen-bond acceptors (Lipinski definition) is 2. The molecule has 0 saturated heterocycles. The van der Waals surface area contributed by atoms with Gasteiger partial charge < -0.3 is 0 Å². The third-order valence-corrected chi connectivity index (χ3v) is 4.02. The van der Waals surface area contributed by atoms with Crippen molar-refractivity contribution in [1.82, 2.24) is 0 Å². The summed E-state index contributed by atoms with van der Waals surface area (Å²) < 4.78 is 1.09. The van der Waals surface area contributed by atoms with E-state index in [9.17, 15) is 4.79 Å². The molecule has 0 aliphatic rings. The Hall–Kier alpha value is -1.19. The number of carbonyl (C=O) groups excluding carboxylic acids is 1. The Morgan fingerprint density at radius 2 is 2.00 bits per heavy atom. The molecule has 0 saturated carbocycles. The van der Waals surface area contributed by atoms with Gasteiger partial charge in [-0.1, -0.05) is 34.1 Å². The highest BCUT2D eigenvalue weighted by atomic mass is 79.9. The summed E-state index contributed by atoms with van der Waals surface area (Å²) in [5.41, 5.74) is 1.18. The molecule has 0 atom stereocenters. The van der Waals surface area contributed by atoms with Gasteiger partial charge in [-0.05, 0) is 37.3 Å². The Kier molecular flexibility index (Phi) is 3.92. The first kappa shape index (κ1) is 12.3. The number of hydrogen-bond donors (Lipinski definition) is 0. The van der Waals surface area contributed by atoms with Gasteiger partial charge in [0.25, 0.3) is 0 Å². The predicted molar refractivity (Wildman–Crippen MR) is 77.2 cm³/mol. The highest BCUT2D eigenvalue weighted by Crippen LogP contribution is 2.33. The summed E-state index contributed by atoms with van der Waals surface area (Å²) in [6.07, 6.45) is 3.45. The van der Waals surface area contributed by atoms with Gasteiger partial charge in [-0.15, -0.1) is 11.3 Å². The summed E-state index contributed by atoms with van der Waals surface area (Å²) in [6.45, 7) is 1.55. The molecule has 1 nitrogen and oxygen atoms in total. The Morgan fingerprint density at radius 1 is 1.24 bits per heavy atom. The van der Waals surface area contributed by atoms with Gasteiger partial charge in [0.1, 0.15) is 0 Å². The molecule has 3 heteroatoms. The molecule has 0 N–H and O–H groups in total. The fraction of sp³-hybridized carbons (Fsp3) is 0.0714. The van der Waals surface area contributed by atoms with E-state index >= 15 is 0 Å². The topological polar surface area (TPSA) is 17.1 Å². The lowest BCUT2D eigenvalue weighted by molar-refractivity contribution is -0.112. The summed E-state index contributed by atoms with van der Waals surface area (Å²) in [6, 6.07) is 12.2. The minimum Gasteiger partial charge on any atom is -0.295 e. The van der Waals surface area contributed by atoms with Crippen molar-refractivity contribution < 1.29 is 4.79 Å². The van der Waals surface area contributed by atoms with Gasteiger partial charge >= 0.3 is 0 Å². The fourth-order valence-electron chi connectivity index (χ4n) is 1.45. The van der Waals surface area contributed by atoms with E-state index in [1.807, 2.05) is 30.3 Å². The first-order chi connectivity index (χ1) is 8.16. The molecule has 0 bridgehead atoms. The van der Waals surface area contributed by atoms with Crippen molar-refractivity contribution in [3.05, 3.63) is 51.8 Å². The number of thiophene rings is 1. The second-order valence-electron chi connectivity index (χ2n) is 3.63. The molecule has 0 unspecified atom stereocenters. The van der Waals surface area contributed by atoms with Gasteiger partial charge in [0.2, 0.25) is 0 Å². The van der Waals surface area contributed by atoms with E-state index < -0.39 is 0 Å². The molecule has 86 valence electrons. The van der Waals surface area contributed by atoms with E-state index in [0.29, 0.717) is 0 Å². The Balaban J connectivity index is 2.30. The van der Waals surface area contributed by atoms with Gasteiger partial charge in [0.05, 0.1) is 0 Å². The number of rotatable bonds is 3. The molecule has 0 amide bonds. The SMILES string of the molecule is CC(=O)C=Cc1ccc(-c2ccccc2Br)s1. The molecule has 0 fully saturated rings. The Labute approximate surface area is 113 Å². The van der Waals surface area contributed by atoms with Crippen LogP contribution in [0, 0.1) is 0 Å². The highest BCUT2D eigenvalue weighted by Gasteiger charge is 2.04. The molecule has 0 aliphatic carbocycles. The number of benzene rings is 1. The molecular weight excluding hydrogens is 296 g/mol. The first-order valence-corrected chi connectivity index (χ1v) is 6.81. The largest absolute Gasteiger partial charge is 0.295 e. The van der Waals surface area contributed by atoms with Crippen molar-refractivity contribution in [2.45, 2.75) is 6.92 Å². The van der Waals surface area contributed by atoms with Gasteiger partial charge in [-0.25, -0.2) is 0 Å². The van der Waals surface area contributed by atoms with E-state index in [4.69, 9.17) is 0 Å². The second-order valence-corrected chi connectivity index (χ2v) is 5.60. The number of allylic oxidation sites excluding steroid dienone is 1. The molecular formula is C14H11BrOS. The Bertz CT molecular complexity index is 569. The maximum absolute atomic E-state index is 10.9. The number of ketones is 1. The fourth-order valence-corrected chi connectivity index (χ4v) is 3.03. The predicted octanol–water partition coefficient (Wildman–Crippen LogP) is 4.78. The standard InChI is InChI=1S/C14H11BrOS/c1-10(16)6-7-11-8-9-14(17-11)12-4-2-3-5-13(12)15/h2-9H,1H3. The zero-order valence-corrected chi connectivity index (χ0v) is 11.7. The first-order valence-electron chi connectivity index (χ1n) is 5.20. The van der Waals surface area contributed by atoms with Crippen LogP contribution >= 0.6 is 27.3 Å². The summed E-state index contributed by atoms with van der Waals surface area (Å²) in [5.74, 6) is 0.0702. The third-order valence-electron chi connectivity index (χ3n) is 2.25. The van der Waals surface area contributed by atoms with Crippen LogP contribution in [0.25, 0.3) is 16.5 Å². The lowest BCUT2D eigenvalue weighted by Crippen LogP contribution is -1.77. The molecule has 0 aliphatic heterocycles. The van der Waals surface area contributed by atoms with Crippen LogP contribution in [-0.4, -0.2) is 5.78 Å². The van der Waals surface area contributed by atoms with E-state index in [2.05, 4.69) is 28.1 Å². The smallest absolute Gasteiger partial charge is 0.152 e. The minimum atomic E-state index is 0.0702. The van der Waals surface area contributed by atoms with E-state index in [1.54, 1.807) is 24.3 Å². The van der Waals surface area contributed by atoms with Crippen LogP contribution in [0.5, 0.6) is 0 Å². The second kappa shape index (κ2) is 5.43. The number of halogens is 1. The Morgan fingerprint density at radius 3 is 2.71 bits per heavy atom. The van der Waals surface area contributed by atoms with Crippen LogP contribution in [0.2, 0.25) is 0 Å². The maximum Gasteiger partial charge on any atom is 0.152 e. The van der Waals surface area contributed by atoms with Crippen LogP contribution in [0.1, 0.15) is 11.8 Å². The van der Waals surface area contributed by atoms with Crippen molar-refractivity contribution in [2.75, 3.05) is 0 Å². The molecule has 0 radical (unpaired) electrons. The van der Waals surface area contributed by atoms with Gasteiger partial charge in [0.15, 0.2) is 5.78 Å². The molecule has 0 spiro atoms. The van der Waals surface area contributed by atoms with Crippen molar-refractivity contribution in [1.29, 1.82) is 0 Å². The summed E-state index contributed by atoms with van der Waals surface area (Å²) in [7, 11) is 0. The molecule has 2 rings (SSSR count). The quantitative estimate of drug-likeness (QED) is 0.746. The normalized spacial score (nSPS) is 10.9. The van der Waals surface area contributed by atoms with Crippen molar-refractivity contribution in [3.63, 3.8) is 0 Å². The average molecular weight is 307 g/mol. The van der Waals surface area contributed by atoms with Crippen LogP contribution in [0.4, 0.5) is 0 Å². The van der Waals surface area contributed by atoms with E-state index in [1.165, 1.54) is 10.4 Å². The van der Waals surface area contributed by atoms with Crippen LogP contribution in [0.3, 0.4) is 0 Å². The van der Waals surface area contributed by atoms with Crippen LogP contribution in [0.15, 0.2) is 46.9 Å². The van der Waals surface area contributed by atoms with Gasteiger partial charge in [-0.3, -0.25) is 4.79 Å². The van der Waals surface area contributed by atoms with Crippen molar-refractivity contribution in [2.24, 2.45) is 0 Å². The van der Waals surface area contributed by atoms with Crippen molar-refractivity contribution >= 4 is 39.1 Å². The lowest BCUT2D eigenvalue weighted by Gasteiger charge is -1.99. The van der Waals surface area contributed by atoms with Gasteiger partial charge in [0, 0.05) is 19.8 Å². The molecule has 1 heterocycles. The minimum absolute atomic E-state index is 0.0702. The average Bonchev–Trinajstić information content (AvgIpc) is 2.75. The number of carbonyl (C=O) groups is 1. The van der Waals surface area contributed by atoms with Crippen LogP contribution in [-0.2, 0) is 4.79 Å². The third kappa shape index (κ3) is 3.14. The molecule has 2 aromatic rings. The monoisotopic (exact) mass is 306 g/mol. The van der Waals surface area contributed by atoms with E-state index in [0.717, 1.165) is 9.35 Å². The molecule has 1 aromatic carbocycles. The van der Waals surface area contributed by atoms with Gasteiger partial charge in [-0.2, -0.15) is 0 Å². The van der Waals surface area contributed by atoms with Crippen molar-refractivity contribution in [3.8, 4) is 10.4 Å². The summed E-state index contributed by atoms with van der Waals surface area (Å²) in [5, 5.41) is 0. The zero-order valence-electron chi connectivity index (χ0n) is 9.31. The summed E-state index contributed by atoms with van der Waals surface area (Å²) >= 11 is 5.21. The lowest BCUT2D eigenvalue weighted by atomic mass is 10.2. The van der Waals surface area contributed by atoms with E-state index in [-0.39, 0.29) is 5.78 Å².